The summed E-state index contributed by atoms with van der Waals surface area (Å²) >= 11 is 0. The van der Waals surface area contributed by atoms with Gasteiger partial charge in [0.15, 0.2) is 0 Å². The molecule has 8 nitrogen and oxygen atoms in total. The summed E-state index contributed by atoms with van der Waals surface area (Å²) in [4.78, 5) is 27.5. The molecule has 0 aliphatic carbocycles. The van der Waals surface area contributed by atoms with Crippen LogP contribution in [0.5, 0.6) is 0 Å². The highest BCUT2D eigenvalue weighted by Crippen LogP contribution is 2.27. The summed E-state index contributed by atoms with van der Waals surface area (Å²) in [5.74, 6) is 1.44. The molecule has 0 saturated carbocycles. The van der Waals surface area contributed by atoms with E-state index < -0.39 is 0 Å². The number of aryl methyl sites for hydroxylation is 1. The van der Waals surface area contributed by atoms with Crippen LogP contribution in [0.4, 0.5) is 0 Å². The maximum Gasteiger partial charge on any atom is 0.258 e. The van der Waals surface area contributed by atoms with Crippen molar-refractivity contribution in [3.8, 4) is 11.1 Å². The van der Waals surface area contributed by atoms with Gasteiger partial charge in [0, 0.05) is 37.1 Å². The lowest BCUT2D eigenvalue weighted by atomic mass is 10.0. The Hall–Kier alpha value is -3.94. The van der Waals surface area contributed by atoms with E-state index in [9.17, 15) is 4.79 Å². The molecular formula is C27H29N5O3. The first kappa shape index (κ1) is 22.8. The van der Waals surface area contributed by atoms with Gasteiger partial charge in [-0.05, 0) is 35.6 Å². The molecule has 35 heavy (non-hydrogen) atoms. The van der Waals surface area contributed by atoms with Gasteiger partial charge < -0.3 is 18.4 Å². The lowest BCUT2D eigenvalue weighted by molar-refractivity contribution is 0.332. The Morgan fingerprint density at radius 2 is 1.77 bits per heavy atom. The van der Waals surface area contributed by atoms with Crippen molar-refractivity contribution in [2.24, 2.45) is 23.0 Å². The van der Waals surface area contributed by atoms with Gasteiger partial charge in [-0.25, -0.2) is 15.0 Å². The number of benzene rings is 1. The van der Waals surface area contributed by atoms with Crippen LogP contribution in [0.2, 0.25) is 0 Å². The molecule has 0 fully saturated rings. The minimum Gasteiger partial charge on any atom is -0.483 e. The first-order chi connectivity index (χ1) is 16.9. The molecule has 0 amide bonds. The number of aliphatic imine (C=N–C) groups is 2. The third kappa shape index (κ3) is 3.88. The lowest BCUT2D eigenvalue weighted by Crippen LogP contribution is -2.38. The SMILES string of the molecule is COC1=N[C@H](C(C)C)C(OC)=N[C@H]1Cc1ccc(-c2cc3ccccc3n(C)c2=O)c2nccn12. The average molecular weight is 472 g/mol. The number of ether oxygens (including phenoxy) is 2. The zero-order valence-corrected chi connectivity index (χ0v) is 20.6. The van der Waals surface area contributed by atoms with Crippen molar-refractivity contribution in [2.45, 2.75) is 32.4 Å². The second kappa shape index (κ2) is 9.02. The van der Waals surface area contributed by atoms with Crippen molar-refractivity contribution < 1.29 is 9.47 Å². The Morgan fingerprint density at radius 1 is 1.00 bits per heavy atom. The van der Waals surface area contributed by atoms with Gasteiger partial charge >= 0.3 is 0 Å². The number of nitrogens with zero attached hydrogens (tertiary/aromatic N) is 5. The summed E-state index contributed by atoms with van der Waals surface area (Å²) in [6, 6.07) is 13.3. The topological polar surface area (TPSA) is 82.5 Å². The standard InChI is InChI=1S/C27H29N5O3/c1-16(2)23-26(35-5)29-21(25(30-23)34-4)15-18-10-11-19(24-28-12-13-32(18)24)20-14-17-8-6-7-9-22(17)31(3)27(20)33/h6-14,16,21,23H,15H2,1-5H3/t21-,23+/m0/s1. The van der Waals surface area contributed by atoms with Crippen molar-refractivity contribution in [1.29, 1.82) is 0 Å². The van der Waals surface area contributed by atoms with E-state index in [1.807, 2.05) is 53.1 Å². The predicted octanol–water partition coefficient (Wildman–Crippen LogP) is 3.89. The number of hydrogen-bond donors (Lipinski definition) is 0. The third-order valence-electron chi connectivity index (χ3n) is 6.60. The number of pyridine rings is 2. The summed E-state index contributed by atoms with van der Waals surface area (Å²) in [5, 5.41) is 1.00. The number of fused-ring (bicyclic) bond motifs is 2. The molecule has 8 heteroatoms. The summed E-state index contributed by atoms with van der Waals surface area (Å²) < 4.78 is 14.9. The molecule has 0 bridgehead atoms. The van der Waals surface area contributed by atoms with Crippen LogP contribution in [0, 0.1) is 5.92 Å². The van der Waals surface area contributed by atoms with E-state index in [1.165, 1.54) is 0 Å². The molecule has 1 aromatic carbocycles. The van der Waals surface area contributed by atoms with E-state index in [-0.39, 0.29) is 23.6 Å². The van der Waals surface area contributed by atoms with Crippen molar-refractivity contribution >= 4 is 28.3 Å². The Morgan fingerprint density at radius 3 is 2.51 bits per heavy atom. The minimum absolute atomic E-state index is 0.0588. The summed E-state index contributed by atoms with van der Waals surface area (Å²) in [7, 11) is 5.06. The largest absolute Gasteiger partial charge is 0.483 e. The molecule has 2 atom stereocenters. The molecule has 5 rings (SSSR count). The molecule has 0 radical (unpaired) electrons. The molecule has 3 aromatic heterocycles. The third-order valence-corrected chi connectivity index (χ3v) is 6.60. The molecule has 1 aliphatic rings. The molecular weight excluding hydrogens is 442 g/mol. The van der Waals surface area contributed by atoms with E-state index in [4.69, 9.17) is 19.5 Å². The van der Waals surface area contributed by atoms with Crippen molar-refractivity contribution in [3.05, 3.63) is 70.9 Å². The van der Waals surface area contributed by atoms with Crippen LogP contribution in [0.25, 0.3) is 27.7 Å². The average Bonchev–Trinajstić information content (AvgIpc) is 3.37. The quantitative estimate of drug-likeness (QED) is 0.452. The number of aromatic nitrogens is 3. The van der Waals surface area contributed by atoms with E-state index in [1.54, 1.807) is 32.0 Å². The van der Waals surface area contributed by atoms with Gasteiger partial charge in [-0.15, -0.1) is 0 Å². The maximum atomic E-state index is 13.2. The summed E-state index contributed by atoms with van der Waals surface area (Å²) in [6.07, 6.45) is 4.20. The molecule has 0 saturated heterocycles. The molecule has 0 spiro atoms. The highest BCUT2D eigenvalue weighted by Gasteiger charge is 2.31. The van der Waals surface area contributed by atoms with Gasteiger partial charge in [0.05, 0.1) is 25.3 Å². The van der Waals surface area contributed by atoms with Crippen LogP contribution < -0.4 is 5.56 Å². The smallest absolute Gasteiger partial charge is 0.258 e. The van der Waals surface area contributed by atoms with Gasteiger partial charge in [-0.1, -0.05) is 32.0 Å². The molecule has 1 aliphatic heterocycles. The van der Waals surface area contributed by atoms with Crippen LogP contribution >= 0.6 is 0 Å². The zero-order valence-electron chi connectivity index (χ0n) is 20.6. The summed E-state index contributed by atoms with van der Waals surface area (Å²) in [5.41, 5.74) is 3.94. The number of methoxy groups -OCH3 is 2. The molecule has 4 aromatic rings. The lowest BCUT2D eigenvalue weighted by Gasteiger charge is -2.27. The second-order valence-electron chi connectivity index (χ2n) is 9.09. The maximum absolute atomic E-state index is 13.2. The fraction of sp³-hybridized carbons (Fsp3) is 0.333. The van der Waals surface area contributed by atoms with Crippen LogP contribution in [-0.4, -0.2) is 52.1 Å². The molecule has 0 N–H and O–H groups in total. The van der Waals surface area contributed by atoms with E-state index >= 15 is 0 Å². The number of hydrogen-bond acceptors (Lipinski definition) is 6. The van der Waals surface area contributed by atoms with Gasteiger partial charge in [-0.3, -0.25) is 4.79 Å². The number of rotatable bonds is 4. The fourth-order valence-corrected chi connectivity index (χ4v) is 4.75. The van der Waals surface area contributed by atoms with Gasteiger partial charge in [0.2, 0.25) is 11.8 Å². The Labute approximate surface area is 203 Å². The first-order valence-corrected chi connectivity index (χ1v) is 11.7. The number of para-hydroxylation sites is 1. The van der Waals surface area contributed by atoms with Gasteiger partial charge in [0.25, 0.3) is 5.56 Å². The van der Waals surface area contributed by atoms with E-state index in [0.717, 1.165) is 27.8 Å². The van der Waals surface area contributed by atoms with Crippen LogP contribution in [0.1, 0.15) is 19.5 Å². The van der Waals surface area contributed by atoms with Crippen molar-refractivity contribution in [1.82, 2.24) is 14.0 Å². The van der Waals surface area contributed by atoms with Gasteiger partial charge in [0.1, 0.15) is 17.7 Å². The second-order valence-corrected chi connectivity index (χ2v) is 9.09. The van der Waals surface area contributed by atoms with Crippen LogP contribution in [0.3, 0.4) is 0 Å². The van der Waals surface area contributed by atoms with E-state index in [0.29, 0.717) is 23.8 Å². The molecule has 180 valence electrons. The molecule has 4 heterocycles. The Kier molecular flexibility index (Phi) is 5.88. The van der Waals surface area contributed by atoms with E-state index in [2.05, 4.69) is 18.8 Å². The molecule has 0 unspecified atom stereocenters. The normalized spacial score (nSPS) is 18.1. The fourth-order valence-electron chi connectivity index (χ4n) is 4.75. The Balaban J connectivity index is 1.58. The predicted molar refractivity (Wildman–Crippen MR) is 138 cm³/mol. The highest BCUT2D eigenvalue weighted by molar-refractivity contribution is 5.94. The Bertz CT molecular complexity index is 1530. The van der Waals surface area contributed by atoms with Crippen molar-refractivity contribution in [2.75, 3.05) is 14.2 Å². The highest BCUT2D eigenvalue weighted by atomic mass is 16.5. The van der Waals surface area contributed by atoms with Gasteiger partial charge in [-0.2, -0.15) is 0 Å². The number of imidazole rings is 1. The monoisotopic (exact) mass is 471 g/mol. The van der Waals surface area contributed by atoms with Crippen molar-refractivity contribution in [3.63, 3.8) is 0 Å². The first-order valence-electron chi connectivity index (χ1n) is 11.7. The summed E-state index contributed by atoms with van der Waals surface area (Å²) in [6.45, 7) is 4.17. The minimum atomic E-state index is -0.310. The zero-order chi connectivity index (χ0) is 24.7. The van der Waals surface area contributed by atoms with Crippen LogP contribution in [-0.2, 0) is 22.9 Å². The van der Waals surface area contributed by atoms with Crippen LogP contribution in [0.15, 0.2) is 69.6 Å².